The second-order valence-electron chi connectivity index (χ2n) is 8.95. The highest BCUT2D eigenvalue weighted by Crippen LogP contribution is 2.60. The third-order valence-electron chi connectivity index (χ3n) is 7.38. The van der Waals surface area contributed by atoms with Crippen LogP contribution in [-0.2, 0) is 24.8 Å². The molecular formula is C22H32N6OS. The van der Waals surface area contributed by atoms with Crippen LogP contribution in [0.25, 0.3) is 0 Å². The van der Waals surface area contributed by atoms with Gasteiger partial charge < -0.3 is 19.9 Å². The second kappa shape index (κ2) is 8.30. The van der Waals surface area contributed by atoms with Crippen molar-refractivity contribution in [1.29, 1.82) is 0 Å². The van der Waals surface area contributed by atoms with E-state index < -0.39 is 0 Å². The third kappa shape index (κ3) is 3.54. The van der Waals surface area contributed by atoms with Gasteiger partial charge in [0.05, 0.1) is 6.10 Å². The van der Waals surface area contributed by atoms with Gasteiger partial charge in [0.15, 0.2) is 11.8 Å². The zero-order valence-electron chi connectivity index (χ0n) is 17.9. The van der Waals surface area contributed by atoms with E-state index >= 15 is 0 Å². The van der Waals surface area contributed by atoms with Crippen LogP contribution in [-0.4, -0.2) is 46.0 Å². The zero-order chi connectivity index (χ0) is 20.6. The topological polar surface area (TPSA) is 76.4 Å². The molecule has 2 aromatic rings. The first-order valence-corrected chi connectivity index (χ1v) is 12.1. The standard InChI is InChI=1S/C22H32N6OS/c1-15-26-27-18(28(15)2)14-24-21(23-11-7-16-6-5-13-30-16)25-19-17-8-12-29-20(17)22(19)9-3-4-10-22/h5-6,13,17,19-20H,3-4,7-12,14H2,1-2H3,(H2,23,24,25). The molecule has 3 unspecified atom stereocenters. The number of fused-ring (bicyclic) bond motifs is 2. The monoisotopic (exact) mass is 428 g/mol. The van der Waals surface area contributed by atoms with Crippen molar-refractivity contribution in [3.63, 3.8) is 0 Å². The summed E-state index contributed by atoms with van der Waals surface area (Å²) in [5.41, 5.74) is 0.304. The predicted octanol–water partition coefficient (Wildman–Crippen LogP) is 2.81. The van der Waals surface area contributed by atoms with E-state index in [9.17, 15) is 0 Å². The molecule has 2 saturated carbocycles. The van der Waals surface area contributed by atoms with Crippen molar-refractivity contribution in [3.8, 4) is 0 Å². The van der Waals surface area contributed by atoms with Crippen molar-refractivity contribution >= 4 is 17.3 Å². The second-order valence-corrected chi connectivity index (χ2v) is 9.98. The number of hydrogen-bond acceptors (Lipinski definition) is 5. The van der Waals surface area contributed by atoms with E-state index in [0.717, 1.165) is 43.6 Å². The van der Waals surface area contributed by atoms with Crippen LogP contribution in [0.3, 0.4) is 0 Å². The highest BCUT2D eigenvalue weighted by molar-refractivity contribution is 7.09. The summed E-state index contributed by atoms with van der Waals surface area (Å²) in [4.78, 5) is 6.31. The molecule has 3 aliphatic rings. The molecule has 2 N–H and O–H groups in total. The molecular weight excluding hydrogens is 396 g/mol. The van der Waals surface area contributed by atoms with Crippen molar-refractivity contribution in [2.75, 3.05) is 13.2 Å². The molecule has 3 fully saturated rings. The zero-order valence-corrected chi connectivity index (χ0v) is 18.7. The van der Waals surface area contributed by atoms with Gasteiger partial charge in [-0.05, 0) is 44.1 Å². The van der Waals surface area contributed by atoms with Crippen LogP contribution in [0, 0.1) is 18.3 Å². The van der Waals surface area contributed by atoms with E-state index in [0.29, 0.717) is 30.0 Å². The number of nitrogens with zero attached hydrogens (tertiary/aromatic N) is 4. The molecule has 30 heavy (non-hydrogen) atoms. The Kier molecular flexibility index (Phi) is 5.54. The lowest BCUT2D eigenvalue weighted by molar-refractivity contribution is -0.125. The first kappa shape index (κ1) is 20.0. The Morgan fingerprint density at radius 3 is 2.97 bits per heavy atom. The van der Waals surface area contributed by atoms with Crippen LogP contribution < -0.4 is 10.6 Å². The average Bonchev–Trinajstić information content (AvgIpc) is 3.53. The van der Waals surface area contributed by atoms with Crippen LogP contribution in [0.1, 0.15) is 48.6 Å². The van der Waals surface area contributed by atoms with Gasteiger partial charge in [0.25, 0.3) is 0 Å². The minimum Gasteiger partial charge on any atom is -0.377 e. The summed E-state index contributed by atoms with van der Waals surface area (Å²) >= 11 is 1.81. The maximum atomic E-state index is 6.16. The molecule has 5 rings (SSSR count). The Morgan fingerprint density at radius 1 is 1.37 bits per heavy atom. The first-order chi connectivity index (χ1) is 14.7. The number of thiophene rings is 1. The number of aryl methyl sites for hydroxylation is 1. The highest BCUT2D eigenvalue weighted by atomic mass is 32.1. The maximum absolute atomic E-state index is 6.16. The molecule has 8 heteroatoms. The van der Waals surface area contributed by atoms with Gasteiger partial charge in [-0.1, -0.05) is 18.9 Å². The fourth-order valence-corrected chi connectivity index (χ4v) is 6.41. The van der Waals surface area contributed by atoms with Crippen molar-refractivity contribution in [2.45, 2.75) is 64.1 Å². The summed E-state index contributed by atoms with van der Waals surface area (Å²) in [5.74, 6) is 3.31. The van der Waals surface area contributed by atoms with Gasteiger partial charge in [0.2, 0.25) is 0 Å². The van der Waals surface area contributed by atoms with Gasteiger partial charge in [-0.15, -0.1) is 21.5 Å². The molecule has 0 amide bonds. The van der Waals surface area contributed by atoms with Crippen molar-refractivity contribution < 1.29 is 4.74 Å². The van der Waals surface area contributed by atoms with Gasteiger partial charge in [-0.25, -0.2) is 4.99 Å². The Labute approximate surface area is 182 Å². The Bertz CT molecular complexity index is 886. The summed E-state index contributed by atoms with van der Waals surface area (Å²) in [6, 6.07) is 4.77. The van der Waals surface area contributed by atoms with Gasteiger partial charge >= 0.3 is 0 Å². The number of aromatic nitrogens is 3. The van der Waals surface area contributed by atoms with E-state index in [4.69, 9.17) is 9.73 Å². The van der Waals surface area contributed by atoms with E-state index in [2.05, 4.69) is 38.3 Å². The Hall–Kier alpha value is -1.93. The van der Waals surface area contributed by atoms with E-state index in [1.807, 2.05) is 29.9 Å². The molecule has 2 aromatic heterocycles. The van der Waals surface area contributed by atoms with E-state index in [1.165, 1.54) is 30.6 Å². The van der Waals surface area contributed by atoms with Crippen molar-refractivity contribution in [2.24, 2.45) is 23.4 Å². The summed E-state index contributed by atoms with van der Waals surface area (Å²) in [5, 5.41) is 18.0. The minimum absolute atomic E-state index is 0.304. The maximum Gasteiger partial charge on any atom is 0.191 e. The molecule has 0 radical (unpaired) electrons. The molecule has 1 aliphatic heterocycles. The van der Waals surface area contributed by atoms with Crippen LogP contribution in [0.15, 0.2) is 22.5 Å². The number of ether oxygens (including phenoxy) is 1. The first-order valence-electron chi connectivity index (χ1n) is 11.2. The van der Waals surface area contributed by atoms with E-state index in [1.54, 1.807) is 0 Å². The Morgan fingerprint density at radius 2 is 2.23 bits per heavy atom. The van der Waals surface area contributed by atoms with Gasteiger partial charge in [-0.2, -0.15) is 0 Å². The lowest BCUT2D eigenvalue weighted by atomic mass is 9.54. The molecule has 0 aromatic carbocycles. The quantitative estimate of drug-likeness (QED) is 0.547. The minimum atomic E-state index is 0.304. The summed E-state index contributed by atoms with van der Waals surface area (Å²) in [6.45, 7) is 4.27. The van der Waals surface area contributed by atoms with Crippen LogP contribution in [0.4, 0.5) is 0 Å². The number of rotatable bonds is 6. The molecule has 7 nitrogen and oxygen atoms in total. The SMILES string of the molecule is Cc1nnc(CN=C(NCCc2cccs2)NC2C3CCOC3C23CCCC3)n1C. The summed E-state index contributed by atoms with van der Waals surface area (Å²) in [7, 11) is 2.00. The normalized spacial score (nSPS) is 27.3. The summed E-state index contributed by atoms with van der Waals surface area (Å²) in [6.07, 6.45) is 7.81. The predicted molar refractivity (Wildman–Crippen MR) is 119 cm³/mol. The number of guanidine groups is 1. The van der Waals surface area contributed by atoms with E-state index in [-0.39, 0.29) is 0 Å². The van der Waals surface area contributed by atoms with Crippen molar-refractivity contribution in [1.82, 2.24) is 25.4 Å². The number of aliphatic imine (C=N–C) groups is 1. The Balaban J connectivity index is 1.31. The smallest absolute Gasteiger partial charge is 0.191 e. The largest absolute Gasteiger partial charge is 0.377 e. The van der Waals surface area contributed by atoms with Crippen LogP contribution in [0.5, 0.6) is 0 Å². The van der Waals surface area contributed by atoms with Crippen molar-refractivity contribution in [3.05, 3.63) is 34.0 Å². The number of nitrogens with one attached hydrogen (secondary N) is 2. The molecule has 2 aliphatic carbocycles. The third-order valence-corrected chi connectivity index (χ3v) is 8.32. The van der Waals surface area contributed by atoms with Crippen LogP contribution >= 0.6 is 11.3 Å². The van der Waals surface area contributed by atoms with Gasteiger partial charge in [0.1, 0.15) is 12.4 Å². The molecule has 3 atom stereocenters. The molecule has 162 valence electrons. The summed E-state index contributed by atoms with van der Waals surface area (Å²) < 4.78 is 8.17. The molecule has 0 bridgehead atoms. The highest BCUT2D eigenvalue weighted by Gasteiger charge is 2.65. The lowest BCUT2D eigenvalue weighted by Crippen LogP contribution is -2.69. The fourth-order valence-electron chi connectivity index (χ4n) is 5.70. The number of hydrogen-bond donors (Lipinski definition) is 2. The molecule has 3 heterocycles. The van der Waals surface area contributed by atoms with Gasteiger partial charge in [0, 0.05) is 42.5 Å². The lowest BCUT2D eigenvalue weighted by Gasteiger charge is -2.57. The molecule has 1 spiro atoms. The van der Waals surface area contributed by atoms with Crippen LogP contribution in [0.2, 0.25) is 0 Å². The van der Waals surface area contributed by atoms with Gasteiger partial charge in [-0.3, -0.25) is 0 Å². The fraction of sp³-hybridized carbons (Fsp3) is 0.682. The average molecular weight is 429 g/mol. The molecule has 1 saturated heterocycles.